The second-order valence-corrected chi connectivity index (χ2v) is 14.1. The van der Waals surface area contributed by atoms with E-state index < -0.39 is 28.6 Å². The molecule has 4 fully saturated rings. The lowest BCUT2D eigenvalue weighted by molar-refractivity contribution is -0.154. The van der Waals surface area contributed by atoms with Crippen LogP contribution in [0.3, 0.4) is 0 Å². The molecule has 0 radical (unpaired) electrons. The summed E-state index contributed by atoms with van der Waals surface area (Å²) in [6.45, 7) is 3.72. The van der Waals surface area contributed by atoms with Gasteiger partial charge in [-0.05, 0) is 98.8 Å². The van der Waals surface area contributed by atoms with Crippen molar-refractivity contribution in [3.8, 4) is 0 Å². The van der Waals surface area contributed by atoms with Crippen molar-refractivity contribution in [2.75, 3.05) is 23.7 Å². The number of sulfonamides is 1. The van der Waals surface area contributed by atoms with E-state index in [2.05, 4.69) is 5.32 Å². The van der Waals surface area contributed by atoms with Gasteiger partial charge in [-0.2, -0.15) is 0 Å². The molecule has 4 bridgehead atoms. The molecule has 4 aliphatic carbocycles. The number of fused-ring (bicyclic) bond motifs is 1. The number of esters is 1. The summed E-state index contributed by atoms with van der Waals surface area (Å²) < 4.78 is 31.0. The minimum absolute atomic E-state index is 0.0290. The van der Waals surface area contributed by atoms with Crippen LogP contribution in [0.1, 0.15) is 74.7 Å². The maximum absolute atomic E-state index is 13.5. The second kappa shape index (κ2) is 9.71. The van der Waals surface area contributed by atoms with Crippen molar-refractivity contribution >= 4 is 33.4 Å². The fourth-order valence-corrected chi connectivity index (χ4v) is 8.57. The van der Waals surface area contributed by atoms with Gasteiger partial charge >= 0.3 is 5.97 Å². The standard InChI is InChI=1S/C28H38N2O6S/c1-17(2)25(29-27(33)28-13-18-9-19(14-28)11-20(10-18)15-28)26(32)36-16-24(31)22-6-7-23-21(12-22)5-4-8-30(23)37(3,34)35/h6-7,12,17-20,25H,4-5,8-11,13-16H2,1-3H3,(H,29,33). The van der Waals surface area contributed by atoms with Crippen LogP contribution in [0.4, 0.5) is 5.69 Å². The molecule has 1 heterocycles. The van der Waals surface area contributed by atoms with Gasteiger partial charge in [0.1, 0.15) is 6.04 Å². The van der Waals surface area contributed by atoms with Crippen molar-refractivity contribution in [3.05, 3.63) is 29.3 Å². The van der Waals surface area contributed by atoms with Gasteiger partial charge < -0.3 is 10.1 Å². The normalized spacial score (nSPS) is 29.1. The Kier molecular flexibility index (Phi) is 6.88. The number of rotatable bonds is 8. The summed E-state index contributed by atoms with van der Waals surface area (Å²) in [4.78, 5) is 39.3. The number of Topliss-reactive ketones (excluding diaryl/α,β-unsaturated/α-hetero) is 1. The molecule has 0 aromatic heterocycles. The fourth-order valence-electron chi connectivity index (χ4n) is 7.57. The van der Waals surface area contributed by atoms with E-state index in [0.717, 1.165) is 24.8 Å². The molecule has 202 valence electrons. The van der Waals surface area contributed by atoms with Crippen molar-refractivity contribution in [1.82, 2.24) is 5.32 Å². The zero-order valence-electron chi connectivity index (χ0n) is 22.0. The molecule has 1 amide bonds. The zero-order valence-corrected chi connectivity index (χ0v) is 22.8. The smallest absolute Gasteiger partial charge is 0.329 e. The molecule has 1 atom stereocenters. The Labute approximate surface area is 219 Å². The number of ketones is 1. The molecule has 0 saturated heterocycles. The molecule has 4 saturated carbocycles. The highest BCUT2D eigenvalue weighted by atomic mass is 32.2. The maximum atomic E-state index is 13.5. The average molecular weight is 531 g/mol. The van der Waals surface area contributed by atoms with Crippen LogP contribution < -0.4 is 9.62 Å². The fraction of sp³-hybridized carbons (Fsp3) is 0.679. The highest BCUT2D eigenvalue weighted by molar-refractivity contribution is 7.92. The number of carbonyl (C=O) groups excluding carboxylic acids is 3. The minimum atomic E-state index is -3.39. The Morgan fingerprint density at radius 1 is 1.08 bits per heavy atom. The SMILES string of the molecule is CC(C)C(NC(=O)C12CC3CC(CC(C3)C1)C2)C(=O)OCC(=O)c1ccc2c(c1)CCCN2S(C)(=O)=O. The van der Waals surface area contributed by atoms with E-state index in [4.69, 9.17) is 4.74 Å². The topological polar surface area (TPSA) is 110 Å². The van der Waals surface area contributed by atoms with E-state index in [0.29, 0.717) is 48.4 Å². The van der Waals surface area contributed by atoms with Gasteiger partial charge in [-0.1, -0.05) is 13.8 Å². The third-order valence-electron chi connectivity index (χ3n) is 8.95. The largest absolute Gasteiger partial charge is 0.456 e. The Morgan fingerprint density at radius 2 is 1.70 bits per heavy atom. The highest BCUT2D eigenvalue weighted by Crippen LogP contribution is 2.60. The van der Waals surface area contributed by atoms with Crippen LogP contribution in [0.15, 0.2) is 18.2 Å². The lowest BCUT2D eigenvalue weighted by atomic mass is 9.49. The quantitative estimate of drug-likeness (QED) is 0.407. The van der Waals surface area contributed by atoms with E-state index in [1.165, 1.54) is 29.8 Å². The Morgan fingerprint density at radius 3 is 2.27 bits per heavy atom. The molecule has 6 rings (SSSR count). The molecule has 37 heavy (non-hydrogen) atoms. The van der Waals surface area contributed by atoms with E-state index >= 15 is 0 Å². The Bertz CT molecular complexity index is 1170. The maximum Gasteiger partial charge on any atom is 0.329 e. The summed E-state index contributed by atoms with van der Waals surface area (Å²) in [5.41, 5.74) is 1.40. The van der Waals surface area contributed by atoms with Crippen molar-refractivity contribution in [1.29, 1.82) is 0 Å². The first kappa shape index (κ1) is 26.2. The Balaban J connectivity index is 1.22. The van der Waals surface area contributed by atoms with Gasteiger partial charge in [-0.25, -0.2) is 13.2 Å². The highest BCUT2D eigenvalue weighted by Gasteiger charge is 2.55. The molecule has 0 spiro atoms. The number of nitrogens with zero attached hydrogens (tertiary/aromatic N) is 1. The molecule has 1 N–H and O–H groups in total. The number of ether oxygens (including phenoxy) is 1. The van der Waals surface area contributed by atoms with Gasteiger partial charge in [0.05, 0.1) is 11.9 Å². The Hall–Kier alpha value is -2.42. The summed E-state index contributed by atoms with van der Waals surface area (Å²) in [5.74, 6) is 0.718. The summed E-state index contributed by atoms with van der Waals surface area (Å²) >= 11 is 0. The van der Waals surface area contributed by atoms with Crippen molar-refractivity contribution in [2.24, 2.45) is 29.1 Å². The molecular weight excluding hydrogens is 492 g/mol. The van der Waals surface area contributed by atoms with E-state index in [1.807, 2.05) is 13.8 Å². The van der Waals surface area contributed by atoms with Crippen LogP contribution in [0.5, 0.6) is 0 Å². The molecular formula is C28H38N2O6S. The molecule has 1 aliphatic heterocycles. The van der Waals surface area contributed by atoms with Crippen molar-refractivity contribution in [3.63, 3.8) is 0 Å². The minimum Gasteiger partial charge on any atom is -0.456 e. The van der Waals surface area contributed by atoms with Gasteiger partial charge in [0.25, 0.3) is 0 Å². The predicted octanol–water partition coefficient (Wildman–Crippen LogP) is 3.48. The second-order valence-electron chi connectivity index (χ2n) is 12.2. The number of nitrogens with one attached hydrogen (secondary N) is 1. The third-order valence-corrected chi connectivity index (χ3v) is 10.1. The summed E-state index contributed by atoms with van der Waals surface area (Å²) in [7, 11) is -3.39. The van der Waals surface area contributed by atoms with Gasteiger partial charge in [-0.15, -0.1) is 0 Å². The lowest BCUT2D eigenvalue weighted by Crippen LogP contribution is -2.57. The molecule has 9 heteroatoms. The van der Waals surface area contributed by atoms with Crippen LogP contribution in [0, 0.1) is 29.1 Å². The van der Waals surface area contributed by atoms with Crippen LogP contribution in [0.2, 0.25) is 0 Å². The van der Waals surface area contributed by atoms with Crippen LogP contribution in [0.25, 0.3) is 0 Å². The molecule has 1 aromatic carbocycles. The number of hydrogen-bond donors (Lipinski definition) is 1. The van der Waals surface area contributed by atoms with E-state index in [-0.39, 0.29) is 23.0 Å². The molecule has 1 unspecified atom stereocenters. The first-order valence-electron chi connectivity index (χ1n) is 13.6. The monoisotopic (exact) mass is 530 g/mol. The van der Waals surface area contributed by atoms with E-state index in [9.17, 15) is 22.8 Å². The third kappa shape index (κ3) is 5.16. The number of benzene rings is 1. The van der Waals surface area contributed by atoms with Crippen LogP contribution >= 0.6 is 0 Å². The number of aryl methyl sites for hydroxylation is 1. The summed E-state index contributed by atoms with van der Waals surface area (Å²) in [5, 5.41) is 3.01. The van der Waals surface area contributed by atoms with Gasteiger partial charge in [0.2, 0.25) is 15.9 Å². The summed E-state index contributed by atoms with van der Waals surface area (Å²) in [6, 6.07) is 4.11. The van der Waals surface area contributed by atoms with Gasteiger partial charge in [0.15, 0.2) is 12.4 Å². The predicted molar refractivity (Wildman–Crippen MR) is 140 cm³/mol. The van der Waals surface area contributed by atoms with E-state index in [1.54, 1.807) is 18.2 Å². The van der Waals surface area contributed by atoms with Crippen LogP contribution in [-0.4, -0.2) is 51.5 Å². The number of hydrogen-bond acceptors (Lipinski definition) is 6. The van der Waals surface area contributed by atoms with Gasteiger partial charge in [0, 0.05) is 17.5 Å². The summed E-state index contributed by atoms with van der Waals surface area (Å²) in [6.07, 6.45) is 8.97. The molecule has 8 nitrogen and oxygen atoms in total. The average Bonchev–Trinajstić information content (AvgIpc) is 2.83. The number of amides is 1. The van der Waals surface area contributed by atoms with Crippen molar-refractivity contribution in [2.45, 2.75) is 71.3 Å². The van der Waals surface area contributed by atoms with Crippen LogP contribution in [-0.2, 0) is 30.8 Å². The first-order valence-corrected chi connectivity index (χ1v) is 15.4. The zero-order chi connectivity index (χ0) is 26.5. The lowest BCUT2D eigenvalue weighted by Gasteiger charge is -2.55. The molecule has 1 aromatic rings. The molecule has 5 aliphatic rings. The number of anilines is 1. The first-order chi connectivity index (χ1) is 17.4. The number of carbonyl (C=O) groups is 3. The van der Waals surface area contributed by atoms with Crippen molar-refractivity contribution < 1.29 is 27.5 Å². The van der Waals surface area contributed by atoms with Gasteiger partial charge in [-0.3, -0.25) is 13.9 Å².